The first-order chi connectivity index (χ1) is 15.5. The van der Waals surface area contributed by atoms with Crippen LogP contribution in [-0.4, -0.2) is 38.9 Å². The number of H-pyrrole nitrogens is 1. The van der Waals surface area contributed by atoms with Gasteiger partial charge in [0.05, 0.1) is 35.8 Å². The lowest BCUT2D eigenvalue weighted by molar-refractivity contribution is -0.117. The lowest BCUT2D eigenvalue weighted by atomic mass is 10.1. The smallest absolute Gasteiger partial charge is 0.340 e. The van der Waals surface area contributed by atoms with Crippen LogP contribution in [0.1, 0.15) is 28.9 Å². The molecule has 2 N–H and O–H groups in total. The molecule has 8 nitrogen and oxygen atoms in total. The third kappa shape index (κ3) is 3.71. The molecular formula is C24H21N5O3. The number of aromatic amines is 1. The number of hydrogen-bond acceptors (Lipinski definition) is 6. The summed E-state index contributed by atoms with van der Waals surface area (Å²) in [4.78, 5) is 41.1. The summed E-state index contributed by atoms with van der Waals surface area (Å²) >= 11 is 0. The number of aromatic nitrogens is 4. The van der Waals surface area contributed by atoms with Gasteiger partial charge in [-0.3, -0.25) is 14.8 Å². The van der Waals surface area contributed by atoms with Crippen molar-refractivity contribution in [2.45, 2.75) is 19.8 Å². The molecule has 4 aromatic rings. The third-order valence-electron chi connectivity index (χ3n) is 5.51. The number of carbonyl (C=O) groups excluding carboxylic acids is 2. The molecule has 1 aliphatic rings. The van der Waals surface area contributed by atoms with E-state index in [0.29, 0.717) is 22.3 Å². The van der Waals surface area contributed by atoms with E-state index in [2.05, 4.69) is 25.3 Å². The lowest BCUT2D eigenvalue weighted by Gasteiger charge is -2.07. The Balaban J connectivity index is 1.60. The number of nitrogens with one attached hydrogen (secondary N) is 2. The summed E-state index contributed by atoms with van der Waals surface area (Å²) in [7, 11) is 1.33. The molecule has 0 radical (unpaired) electrons. The fourth-order valence-corrected chi connectivity index (χ4v) is 3.59. The summed E-state index contributed by atoms with van der Waals surface area (Å²) in [6.07, 6.45) is 6.69. The number of fused-ring (bicyclic) bond motifs is 1. The zero-order chi connectivity index (χ0) is 22.2. The van der Waals surface area contributed by atoms with E-state index in [9.17, 15) is 9.59 Å². The number of anilines is 1. The van der Waals surface area contributed by atoms with Gasteiger partial charge in [0, 0.05) is 35.0 Å². The van der Waals surface area contributed by atoms with Crippen LogP contribution in [0, 0.1) is 12.8 Å². The van der Waals surface area contributed by atoms with Crippen LogP contribution in [0.15, 0.2) is 48.9 Å². The fraction of sp³-hybridized carbons (Fsp3) is 0.208. The van der Waals surface area contributed by atoms with Gasteiger partial charge in [-0.05, 0) is 37.5 Å². The van der Waals surface area contributed by atoms with Crippen LogP contribution in [0.2, 0.25) is 0 Å². The normalized spacial score (nSPS) is 13.2. The Labute approximate surface area is 184 Å². The first-order valence-corrected chi connectivity index (χ1v) is 10.3. The second-order valence-electron chi connectivity index (χ2n) is 7.87. The second kappa shape index (κ2) is 7.88. The Kier molecular flexibility index (Phi) is 4.89. The predicted octanol–water partition coefficient (Wildman–Crippen LogP) is 4.13. The number of ether oxygens (including phenoxy) is 1. The molecule has 1 amide bonds. The van der Waals surface area contributed by atoms with Crippen LogP contribution in [-0.2, 0) is 9.53 Å². The molecule has 8 heteroatoms. The summed E-state index contributed by atoms with van der Waals surface area (Å²) in [5.41, 5.74) is 5.12. The first kappa shape index (κ1) is 19.9. The number of amides is 1. The zero-order valence-electron chi connectivity index (χ0n) is 17.7. The topological polar surface area (TPSA) is 110 Å². The molecule has 3 aromatic heterocycles. The van der Waals surface area contributed by atoms with E-state index in [1.807, 2.05) is 37.3 Å². The van der Waals surface area contributed by atoms with Crippen molar-refractivity contribution in [1.29, 1.82) is 0 Å². The number of hydrogen-bond donors (Lipinski definition) is 2. The minimum absolute atomic E-state index is 0.0360. The van der Waals surface area contributed by atoms with E-state index >= 15 is 0 Å². The molecule has 1 aliphatic carbocycles. The van der Waals surface area contributed by atoms with Crippen molar-refractivity contribution in [3.63, 3.8) is 0 Å². The highest BCUT2D eigenvalue weighted by molar-refractivity contribution is 6.10. The maximum atomic E-state index is 12.3. The molecule has 0 bridgehead atoms. The van der Waals surface area contributed by atoms with Gasteiger partial charge < -0.3 is 15.0 Å². The summed E-state index contributed by atoms with van der Waals surface area (Å²) in [6.45, 7) is 1.89. The van der Waals surface area contributed by atoms with Crippen molar-refractivity contribution in [3.8, 4) is 22.5 Å². The summed E-state index contributed by atoms with van der Waals surface area (Å²) < 4.78 is 4.92. The fourth-order valence-electron chi connectivity index (χ4n) is 3.59. The lowest BCUT2D eigenvalue weighted by Crippen LogP contribution is -2.15. The van der Waals surface area contributed by atoms with Gasteiger partial charge in [-0.2, -0.15) is 0 Å². The Morgan fingerprint density at radius 2 is 1.88 bits per heavy atom. The van der Waals surface area contributed by atoms with E-state index < -0.39 is 5.97 Å². The van der Waals surface area contributed by atoms with Crippen LogP contribution in [0.25, 0.3) is 33.4 Å². The van der Waals surface area contributed by atoms with Crippen molar-refractivity contribution in [3.05, 3.63) is 60.2 Å². The Hall–Kier alpha value is -4.07. The molecule has 1 saturated carbocycles. The van der Waals surface area contributed by atoms with Gasteiger partial charge in [0.15, 0.2) is 5.82 Å². The third-order valence-corrected chi connectivity index (χ3v) is 5.51. The quantitative estimate of drug-likeness (QED) is 0.464. The molecule has 0 saturated heterocycles. The van der Waals surface area contributed by atoms with Gasteiger partial charge in [-0.15, -0.1) is 0 Å². The van der Waals surface area contributed by atoms with E-state index in [-0.39, 0.29) is 11.8 Å². The van der Waals surface area contributed by atoms with Gasteiger partial charge in [0.2, 0.25) is 5.91 Å². The largest absolute Gasteiger partial charge is 0.465 e. The number of rotatable bonds is 5. The molecule has 1 aromatic carbocycles. The van der Waals surface area contributed by atoms with Gasteiger partial charge >= 0.3 is 5.97 Å². The highest BCUT2D eigenvalue weighted by atomic mass is 16.5. The average molecular weight is 427 g/mol. The van der Waals surface area contributed by atoms with Crippen molar-refractivity contribution in [2.24, 2.45) is 5.92 Å². The molecule has 3 heterocycles. The molecule has 160 valence electrons. The molecule has 0 unspecified atom stereocenters. The molecule has 1 fully saturated rings. The maximum Gasteiger partial charge on any atom is 0.340 e. The number of nitrogens with zero attached hydrogens (tertiary/aromatic N) is 3. The van der Waals surface area contributed by atoms with Crippen molar-refractivity contribution in [2.75, 3.05) is 12.4 Å². The van der Waals surface area contributed by atoms with Crippen LogP contribution >= 0.6 is 0 Å². The first-order valence-electron chi connectivity index (χ1n) is 10.3. The van der Waals surface area contributed by atoms with Crippen LogP contribution in [0.4, 0.5) is 5.82 Å². The van der Waals surface area contributed by atoms with Gasteiger partial charge in [-0.1, -0.05) is 18.2 Å². The molecular weight excluding hydrogens is 406 g/mol. The highest BCUT2D eigenvalue weighted by Crippen LogP contribution is 2.34. The monoisotopic (exact) mass is 427 g/mol. The Morgan fingerprint density at radius 3 is 2.59 bits per heavy atom. The average Bonchev–Trinajstić information content (AvgIpc) is 3.57. The number of aryl methyl sites for hydroxylation is 1. The van der Waals surface area contributed by atoms with Gasteiger partial charge in [0.25, 0.3) is 0 Å². The van der Waals surface area contributed by atoms with Crippen molar-refractivity contribution >= 4 is 28.6 Å². The van der Waals surface area contributed by atoms with Crippen LogP contribution in [0.3, 0.4) is 0 Å². The number of pyridine rings is 1. The number of esters is 1. The molecule has 32 heavy (non-hydrogen) atoms. The Bertz CT molecular complexity index is 1340. The summed E-state index contributed by atoms with van der Waals surface area (Å²) in [5.74, 6) is -0.109. The molecule has 0 spiro atoms. The minimum Gasteiger partial charge on any atom is -0.465 e. The van der Waals surface area contributed by atoms with E-state index in [0.717, 1.165) is 41.1 Å². The van der Waals surface area contributed by atoms with Crippen LogP contribution < -0.4 is 5.32 Å². The molecule has 0 aliphatic heterocycles. The summed E-state index contributed by atoms with van der Waals surface area (Å²) in [5, 5.41) is 3.52. The zero-order valence-corrected chi connectivity index (χ0v) is 17.7. The minimum atomic E-state index is -0.489. The standard InChI is InChI=1S/C24H21N5O3/c1-13-10-26-20(12-25-13)16-5-3-4-15(8-16)19-9-17-18(24(31)32-2)11-27-22(21(17)28-19)29-23(30)14-6-7-14/h3-5,8-12,14,28H,6-7H2,1-2H3,(H,27,29,30). The van der Waals surface area contributed by atoms with Gasteiger partial charge in [-0.25, -0.2) is 9.78 Å². The SMILES string of the molecule is COC(=O)c1cnc(NC(=O)C2CC2)c2[nH]c(-c3cccc(-c4cnc(C)cn4)c3)cc12. The predicted molar refractivity (Wildman–Crippen MR) is 120 cm³/mol. The van der Waals surface area contributed by atoms with Crippen LogP contribution in [0.5, 0.6) is 0 Å². The number of methoxy groups -OCH3 is 1. The van der Waals surface area contributed by atoms with Gasteiger partial charge in [0.1, 0.15) is 0 Å². The highest BCUT2D eigenvalue weighted by Gasteiger charge is 2.30. The van der Waals surface area contributed by atoms with E-state index in [1.54, 1.807) is 12.4 Å². The van der Waals surface area contributed by atoms with Crippen molar-refractivity contribution < 1.29 is 14.3 Å². The van der Waals surface area contributed by atoms with Crippen molar-refractivity contribution in [1.82, 2.24) is 19.9 Å². The summed E-state index contributed by atoms with van der Waals surface area (Å²) in [6, 6.07) is 9.73. The molecule has 5 rings (SSSR count). The Morgan fingerprint density at radius 1 is 1.06 bits per heavy atom. The number of carbonyl (C=O) groups is 2. The van der Waals surface area contributed by atoms with E-state index in [4.69, 9.17) is 4.74 Å². The van der Waals surface area contributed by atoms with E-state index in [1.165, 1.54) is 13.3 Å². The second-order valence-corrected chi connectivity index (χ2v) is 7.87. The number of benzene rings is 1. The maximum absolute atomic E-state index is 12.3. The molecule has 0 atom stereocenters.